The molecule has 2 saturated carbocycles. The van der Waals surface area contributed by atoms with Gasteiger partial charge in [0.25, 0.3) is 0 Å². The van der Waals surface area contributed by atoms with Crippen LogP contribution in [0.15, 0.2) is 65.6 Å². The molecule has 2 aliphatic rings. The molecule has 0 aliphatic heterocycles. The van der Waals surface area contributed by atoms with Gasteiger partial charge in [0.2, 0.25) is 11.8 Å². The number of amides is 2. The van der Waals surface area contributed by atoms with Gasteiger partial charge in [-0.1, -0.05) is 107 Å². The van der Waals surface area contributed by atoms with Crippen molar-refractivity contribution in [1.29, 1.82) is 0 Å². The summed E-state index contributed by atoms with van der Waals surface area (Å²) in [7, 11) is -3.78. The van der Waals surface area contributed by atoms with Crippen LogP contribution in [-0.2, 0) is 25.8 Å². The zero-order valence-electron chi connectivity index (χ0n) is 26.8. The highest BCUT2D eigenvalue weighted by molar-refractivity contribution is 7.91. The second-order valence-corrected chi connectivity index (χ2v) is 15.8. The minimum atomic E-state index is -3.78. The molecule has 0 radical (unpaired) electrons. The molecule has 2 fully saturated rings. The van der Waals surface area contributed by atoms with E-state index in [1.54, 1.807) is 18.2 Å². The highest BCUT2D eigenvalue weighted by Crippen LogP contribution is 2.34. The number of rotatable bonds is 17. The molecule has 2 aromatic rings. The van der Waals surface area contributed by atoms with E-state index < -0.39 is 51.9 Å². The molecular formula is C36H52N2O6S. The molecule has 4 N–H and O–H groups in total. The Hall–Kier alpha value is -2.75. The Morgan fingerprint density at radius 1 is 0.800 bits per heavy atom. The standard InChI is InChI=1S/C36H52N2O6S/c1-25(2)20-33(39)34(40)31(22-27-14-8-4-9-15-27)37-36(42)32(23-28-18-19-28)38-35(41)29(21-26-12-6-3-7-13-26)24-45(43,44)30-16-10-5-11-17-30/h3,5-7,10-13,16-17,25,27-29,31-34,39-40H,4,8-9,14-15,18-24H2,1-2H3,(H,37,42)(H,38,41)/t29-,31+,32+,33+,34-/m1/s1. The van der Waals surface area contributed by atoms with Gasteiger partial charge in [-0.2, -0.15) is 0 Å². The first-order chi connectivity index (χ1) is 21.5. The van der Waals surface area contributed by atoms with Crippen LogP contribution in [0.3, 0.4) is 0 Å². The van der Waals surface area contributed by atoms with Gasteiger partial charge >= 0.3 is 0 Å². The summed E-state index contributed by atoms with van der Waals surface area (Å²) < 4.78 is 26.8. The molecule has 248 valence electrons. The van der Waals surface area contributed by atoms with Gasteiger partial charge in [0, 0.05) is 0 Å². The topological polar surface area (TPSA) is 133 Å². The Balaban J connectivity index is 1.53. The number of aliphatic hydroxyl groups is 2. The molecule has 8 nitrogen and oxygen atoms in total. The van der Waals surface area contributed by atoms with Crippen molar-refractivity contribution in [1.82, 2.24) is 10.6 Å². The van der Waals surface area contributed by atoms with Gasteiger partial charge in [0.05, 0.1) is 28.7 Å². The van der Waals surface area contributed by atoms with Gasteiger partial charge in [0.1, 0.15) is 12.1 Å². The Morgan fingerprint density at radius 2 is 1.40 bits per heavy atom. The lowest BCUT2D eigenvalue weighted by atomic mass is 9.82. The second kappa shape index (κ2) is 16.7. The number of hydrogen-bond donors (Lipinski definition) is 4. The number of aliphatic hydroxyl groups excluding tert-OH is 2. The molecule has 2 aromatic carbocycles. The Kier molecular flexibility index (Phi) is 13.0. The molecule has 0 unspecified atom stereocenters. The fourth-order valence-electron chi connectivity index (χ4n) is 6.56. The monoisotopic (exact) mass is 640 g/mol. The third-order valence-corrected chi connectivity index (χ3v) is 11.1. The fraction of sp³-hybridized carbons (Fsp3) is 0.611. The quantitative estimate of drug-likeness (QED) is 0.196. The van der Waals surface area contributed by atoms with E-state index in [0.29, 0.717) is 31.1 Å². The van der Waals surface area contributed by atoms with Gasteiger partial charge < -0.3 is 20.8 Å². The van der Waals surface area contributed by atoms with Crippen LogP contribution in [0.5, 0.6) is 0 Å². The summed E-state index contributed by atoms with van der Waals surface area (Å²) in [4.78, 5) is 27.9. The highest BCUT2D eigenvalue weighted by atomic mass is 32.2. The van der Waals surface area contributed by atoms with Crippen molar-refractivity contribution in [2.45, 2.75) is 114 Å². The van der Waals surface area contributed by atoms with Crippen LogP contribution in [-0.4, -0.2) is 60.5 Å². The van der Waals surface area contributed by atoms with Crippen molar-refractivity contribution in [3.8, 4) is 0 Å². The summed E-state index contributed by atoms with van der Waals surface area (Å²) in [5.74, 6) is -1.35. The Morgan fingerprint density at radius 3 is 2.00 bits per heavy atom. The zero-order chi connectivity index (χ0) is 32.4. The van der Waals surface area contributed by atoms with Crippen molar-refractivity contribution >= 4 is 21.7 Å². The molecule has 5 atom stereocenters. The van der Waals surface area contributed by atoms with Gasteiger partial charge in [-0.05, 0) is 61.1 Å². The summed E-state index contributed by atoms with van der Waals surface area (Å²) in [6.07, 6.45) is 6.94. The maximum Gasteiger partial charge on any atom is 0.242 e. The molecule has 0 heterocycles. The van der Waals surface area contributed by atoms with E-state index in [1.807, 2.05) is 44.2 Å². The first-order valence-corrected chi connectivity index (χ1v) is 18.5. The lowest BCUT2D eigenvalue weighted by molar-refractivity contribution is -0.132. The van der Waals surface area contributed by atoms with Crippen molar-refractivity contribution in [3.63, 3.8) is 0 Å². The van der Waals surface area contributed by atoms with Gasteiger partial charge in [-0.3, -0.25) is 9.59 Å². The third kappa shape index (κ3) is 11.2. The molecule has 9 heteroatoms. The van der Waals surface area contributed by atoms with E-state index in [9.17, 15) is 28.2 Å². The summed E-state index contributed by atoms with van der Waals surface area (Å²) in [5, 5.41) is 28.0. The summed E-state index contributed by atoms with van der Waals surface area (Å²) in [6.45, 7) is 3.96. The zero-order valence-corrected chi connectivity index (χ0v) is 27.6. The number of hydrogen-bond acceptors (Lipinski definition) is 6. The lowest BCUT2D eigenvalue weighted by Crippen LogP contribution is -2.56. The normalized spacial score (nSPS) is 19.3. The van der Waals surface area contributed by atoms with Crippen molar-refractivity contribution < 1.29 is 28.2 Å². The maximum atomic E-state index is 13.9. The summed E-state index contributed by atoms with van der Waals surface area (Å²) in [6, 6.07) is 15.9. The van der Waals surface area contributed by atoms with Crippen LogP contribution in [0.4, 0.5) is 0 Å². The molecule has 0 bridgehead atoms. The molecular weight excluding hydrogens is 588 g/mol. The first kappa shape index (κ1) is 35.1. The predicted octanol–water partition coefficient (Wildman–Crippen LogP) is 4.83. The number of benzene rings is 2. The molecule has 0 aromatic heterocycles. The maximum absolute atomic E-state index is 13.9. The fourth-order valence-corrected chi connectivity index (χ4v) is 8.13. The van der Waals surface area contributed by atoms with Gasteiger partial charge in [-0.25, -0.2) is 8.42 Å². The van der Waals surface area contributed by atoms with Crippen LogP contribution in [0.2, 0.25) is 0 Å². The number of carbonyl (C=O) groups excluding carboxylic acids is 2. The number of nitrogens with one attached hydrogen (secondary N) is 2. The molecule has 45 heavy (non-hydrogen) atoms. The molecule has 0 saturated heterocycles. The molecule has 4 rings (SSSR count). The van der Waals surface area contributed by atoms with E-state index >= 15 is 0 Å². The summed E-state index contributed by atoms with van der Waals surface area (Å²) >= 11 is 0. The van der Waals surface area contributed by atoms with Crippen molar-refractivity contribution in [2.24, 2.45) is 23.7 Å². The second-order valence-electron chi connectivity index (χ2n) is 13.8. The van der Waals surface area contributed by atoms with E-state index in [-0.39, 0.29) is 23.0 Å². The Labute approximate surface area is 269 Å². The molecule has 0 spiro atoms. The van der Waals surface area contributed by atoms with Gasteiger partial charge in [0.15, 0.2) is 9.84 Å². The van der Waals surface area contributed by atoms with Crippen LogP contribution in [0.25, 0.3) is 0 Å². The number of carbonyl (C=O) groups is 2. The molecule has 2 aliphatic carbocycles. The molecule has 2 amide bonds. The third-order valence-electron chi connectivity index (χ3n) is 9.28. The van der Waals surface area contributed by atoms with E-state index in [1.165, 1.54) is 18.6 Å². The van der Waals surface area contributed by atoms with Crippen LogP contribution >= 0.6 is 0 Å². The Bertz CT molecular complexity index is 1310. The van der Waals surface area contributed by atoms with Crippen LogP contribution < -0.4 is 10.6 Å². The van der Waals surface area contributed by atoms with E-state index in [0.717, 1.165) is 44.1 Å². The number of sulfone groups is 1. The van der Waals surface area contributed by atoms with Crippen LogP contribution in [0.1, 0.15) is 83.6 Å². The van der Waals surface area contributed by atoms with Crippen LogP contribution in [0, 0.1) is 23.7 Å². The highest BCUT2D eigenvalue weighted by Gasteiger charge is 2.37. The lowest BCUT2D eigenvalue weighted by Gasteiger charge is -2.34. The van der Waals surface area contributed by atoms with E-state index in [4.69, 9.17) is 0 Å². The summed E-state index contributed by atoms with van der Waals surface area (Å²) in [5.41, 5.74) is 0.832. The largest absolute Gasteiger partial charge is 0.390 e. The predicted molar refractivity (Wildman–Crippen MR) is 176 cm³/mol. The SMILES string of the molecule is CC(C)C[C@H](O)[C@H](O)[C@H](CC1CCCCC1)NC(=O)[C@H](CC1CC1)NC(=O)[C@H](Cc1ccccc1)CS(=O)(=O)c1ccccc1. The van der Waals surface area contributed by atoms with E-state index in [2.05, 4.69) is 10.6 Å². The minimum absolute atomic E-state index is 0.155. The first-order valence-electron chi connectivity index (χ1n) is 16.8. The van der Waals surface area contributed by atoms with Gasteiger partial charge in [-0.15, -0.1) is 0 Å². The van der Waals surface area contributed by atoms with Crippen molar-refractivity contribution in [2.75, 3.05) is 5.75 Å². The average molecular weight is 641 g/mol. The minimum Gasteiger partial charge on any atom is -0.390 e. The van der Waals surface area contributed by atoms with Crippen molar-refractivity contribution in [3.05, 3.63) is 66.2 Å². The smallest absolute Gasteiger partial charge is 0.242 e. The average Bonchev–Trinajstić information content (AvgIpc) is 3.85.